The molecule has 94 valence electrons. The lowest BCUT2D eigenvalue weighted by Crippen LogP contribution is -2.28. The third kappa shape index (κ3) is 2.62. The van der Waals surface area contributed by atoms with Crippen molar-refractivity contribution in [2.75, 3.05) is 7.05 Å². The molecule has 0 aliphatic rings. The van der Waals surface area contributed by atoms with Crippen LogP contribution in [0.15, 0.2) is 29.3 Å². The topological polar surface area (TPSA) is 83.9 Å². The van der Waals surface area contributed by atoms with E-state index in [0.29, 0.717) is 6.54 Å². The van der Waals surface area contributed by atoms with Crippen molar-refractivity contribution in [1.82, 2.24) is 24.9 Å². The molecule has 0 bridgehead atoms. The second-order valence-corrected chi connectivity index (χ2v) is 3.99. The third-order valence-corrected chi connectivity index (χ3v) is 2.42. The minimum atomic E-state index is -0.332. The highest BCUT2D eigenvalue weighted by molar-refractivity contribution is 5.91. The number of aryl methyl sites for hydroxylation is 1. The summed E-state index contributed by atoms with van der Waals surface area (Å²) in [6.45, 7) is 0.438. The molecule has 0 unspecified atom stereocenters. The number of carbonyl (C=O) groups is 1. The van der Waals surface area contributed by atoms with E-state index in [1.54, 1.807) is 17.9 Å². The second-order valence-electron chi connectivity index (χ2n) is 3.99. The maximum atomic E-state index is 12.0. The molecule has 18 heavy (non-hydrogen) atoms. The number of rotatable bonds is 3. The fraction of sp³-hybridized carbons (Fsp3) is 0.273. The summed E-state index contributed by atoms with van der Waals surface area (Å²) in [4.78, 5) is 24.3. The molecular weight excluding hydrogens is 234 g/mol. The van der Waals surface area contributed by atoms with Crippen LogP contribution in [0, 0.1) is 0 Å². The van der Waals surface area contributed by atoms with Crippen LogP contribution in [0.5, 0.6) is 0 Å². The zero-order chi connectivity index (χ0) is 13.1. The van der Waals surface area contributed by atoms with Crippen LogP contribution in [-0.4, -0.2) is 37.8 Å². The quantitative estimate of drug-likeness (QED) is 0.812. The second kappa shape index (κ2) is 4.82. The lowest BCUT2D eigenvalue weighted by atomic mass is 10.3. The minimum absolute atomic E-state index is 0.209. The van der Waals surface area contributed by atoms with Crippen molar-refractivity contribution in [1.29, 1.82) is 0 Å². The van der Waals surface area contributed by atoms with Crippen molar-refractivity contribution >= 4 is 5.91 Å². The molecule has 0 spiro atoms. The summed E-state index contributed by atoms with van der Waals surface area (Å²) in [6, 6.07) is 2.68. The number of aromatic amines is 1. The smallest absolute Gasteiger partial charge is 0.274 e. The Morgan fingerprint density at radius 1 is 1.50 bits per heavy atom. The van der Waals surface area contributed by atoms with E-state index in [-0.39, 0.29) is 17.2 Å². The van der Waals surface area contributed by atoms with Crippen LogP contribution in [0.1, 0.15) is 16.1 Å². The first-order valence-corrected chi connectivity index (χ1v) is 5.35. The van der Waals surface area contributed by atoms with Gasteiger partial charge in [0.15, 0.2) is 0 Å². The molecule has 1 amide bonds. The highest BCUT2D eigenvalue weighted by Gasteiger charge is 2.14. The summed E-state index contributed by atoms with van der Waals surface area (Å²) in [6.07, 6.45) is 3.54. The van der Waals surface area contributed by atoms with Gasteiger partial charge in [-0.25, -0.2) is 5.10 Å². The summed E-state index contributed by atoms with van der Waals surface area (Å²) in [5.74, 6) is -0.255. The van der Waals surface area contributed by atoms with Gasteiger partial charge in [-0.3, -0.25) is 14.3 Å². The third-order valence-electron chi connectivity index (χ3n) is 2.42. The van der Waals surface area contributed by atoms with Gasteiger partial charge in [0, 0.05) is 38.5 Å². The molecule has 0 aromatic carbocycles. The van der Waals surface area contributed by atoms with Gasteiger partial charge in [-0.05, 0) is 6.07 Å². The zero-order valence-corrected chi connectivity index (χ0v) is 10.1. The molecule has 0 fully saturated rings. The number of H-pyrrole nitrogens is 1. The molecule has 2 heterocycles. The van der Waals surface area contributed by atoms with Crippen molar-refractivity contribution in [3.05, 3.63) is 46.1 Å². The van der Waals surface area contributed by atoms with Crippen LogP contribution in [0.2, 0.25) is 0 Å². The SMILES string of the molecule is CN(Cc1cnn(C)c1)C(=O)c1ccc(=O)[nH]n1. The van der Waals surface area contributed by atoms with Gasteiger partial charge in [0.25, 0.3) is 11.5 Å². The molecule has 7 heteroatoms. The number of nitrogens with one attached hydrogen (secondary N) is 1. The lowest BCUT2D eigenvalue weighted by molar-refractivity contribution is 0.0778. The van der Waals surface area contributed by atoms with Crippen LogP contribution < -0.4 is 5.56 Å². The minimum Gasteiger partial charge on any atom is -0.336 e. The molecule has 0 saturated carbocycles. The van der Waals surface area contributed by atoms with E-state index >= 15 is 0 Å². The fourth-order valence-corrected chi connectivity index (χ4v) is 1.56. The van der Waals surface area contributed by atoms with E-state index < -0.39 is 0 Å². The van der Waals surface area contributed by atoms with Crippen LogP contribution in [0.4, 0.5) is 0 Å². The average Bonchev–Trinajstić information content (AvgIpc) is 2.75. The average molecular weight is 247 g/mol. The molecule has 0 atom stereocenters. The fourth-order valence-electron chi connectivity index (χ4n) is 1.56. The molecule has 0 radical (unpaired) electrons. The lowest BCUT2D eigenvalue weighted by Gasteiger charge is -2.15. The maximum absolute atomic E-state index is 12.0. The predicted molar refractivity (Wildman–Crippen MR) is 63.9 cm³/mol. The first-order chi connectivity index (χ1) is 8.56. The van der Waals surface area contributed by atoms with Crippen molar-refractivity contribution < 1.29 is 4.79 Å². The molecule has 2 rings (SSSR count). The van der Waals surface area contributed by atoms with Gasteiger partial charge in [0.2, 0.25) is 0 Å². The largest absolute Gasteiger partial charge is 0.336 e. The first-order valence-electron chi connectivity index (χ1n) is 5.35. The van der Waals surface area contributed by atoms with E-state index in [9.17, 15) is 9.59 Å². The molecule has 1 N–H and O–H groups in total. The molecule has 2 aromatic heterocycles. The number of aromatic nitrogens is 4. The monoisotopic (exact) mass is 247 g/mol. The highest BCUT2D eigenvalue weighted by Crippen LogP contribution is 2.04. The number of hydrogen-bond donors (Lipinski definition) is 1. The molecule has 2 aromatic rings. The summed E-state index contributed by atoms with van der Waals surface area (Å²) in [5, 5.41) is 9.96. The van der Waals surface area contributed by atoms with Gasteiger partial charge in [-0.2, -0.15) is 10.2 Å². The Balaban J connectivity index is 2.09. The first kappa shape index (κ1) is 12.0. The van der Waals surface area contributed by atoms with Crippen molar-refractivity contribution in [2.24, 2.45) is 7.05 Å². The van der Waals surface area contributed by atoms with Crippen LogP contribution in [0.3, 0.4) is 0 Å². The summed E-state index contributed by atoms with van der Waals surface area (Å²) >= 11 is 0. The normalized spacial score (nSPS) is 10.3. The Hall–Kier alpha value is -2.44. The van der Waals surface area contributed by atoms with E-state index in [1.807, 2.05) is 13.2 Å². The predicted octanol–water partition coefficient (Wildman–Crippen LogP) is -0.224. The Labute approximate surface area is 103 Å². The summed E-state index contributed by atoms with van der Waals surface area (Å²) in [7, 11) is 3.48. The van der Waals surface area contributed by atoms with E-state index in [1.165, 1.54) is 17.0 Å². The number of carbonyl (C=O) groups excluding carboxylic acids is 1. The van der Waals surface area contributed by atoms with Gasteiger partial charge >= 0.3 is 0 Å². The molecule has 7 nitrogen and oxygen atoms in total. The summed E-state index contributed by atoms with van der Waals surface area (Å²) < 4.78 is 1.67. The number of nitrogens with zero attached hydrogens (tertiary/aromatic N) is 4. The Morgan fingerprint density at radius 3 is 2.83 bits per heavy atom. The van der Waals surface area contributed by atoms with Gasteiger partial charge in [0.1, 0.15) is 5.69 Å². The Kier molecular flexibility index (Phi) is 3.22. The van der Waals surface area contributed by atoms with Gasteiger partial charge < -0.3 is 4.90 Å². The van der Waals surface area contributed by atoms with Crippen molar-refractivity contribution in [2.45, 2.75) is 6.54 Å². The van der Waals surface area contributed by atoms with Gasteiger partial charge in [0.05, 0.1) is 6.20 Å². The van der Waals surface area contributed by atoms with Gasteiger partial charge in [-0.1, -0.05) is 0 Å². The van der Waals surface area contributed by atoms with Crippen molar-refractivity contribution in [3.8, 4) is 0 Å². The van der Waals surface area contributed by atoms with Gasteiger partial charge in [-0.15, -0.1) is 0 Å². The van der Waals surface area contributed by atoms with Crippen LogP contribution >= 0.6 is 0 Å². The maximum Gasteiger partial charge on any atom is 0.274 e. The summed E-state index contributed by atoms with van der Waals surface area (Å²) in [5.41, 5.74) is 0.806. The zero-order valence-electron chi connectivity index (χ0n) is 10.1. The molecule has 0 saturated heterocycles. The van der Waals surface area contributed by atoms with Crippen LogP contribution in [-0.2, 0) is 13.6 Å². The van der Waals surface area contributed by atoms with Crippen LogP contribution in [0.25, 0.3) is 0 Å². The Bertz CT molecular complexity index is 595. The molecular formula is C11H13N5O2. The number of hydrogen-bond acceptors (Lipinski definition) is 4. The molecule has 0 aliphatic carbocycles. The van der Waals surface area contributed by atoms with E-state index in [0.717, 1.165) is 5.56 Å². The standard InChI is InChI=1S/C11H13N5O2/c1-15(6-8-5-12-16(2)7-8)11(18)9-3-4-10(17)14-13-9/h3-5,7H,6H2,1-2H3,(H,14,17). The van der Waals surface area contributed by atoms with E-state index in [4.69, 9.17) is 0 Å². The highest BCUT2D eigenvalue weighted by atomic mass is 16.2. The number of amides is 1. The Morgan fingerprint density at radius 2 is 2.28 bits per heavy atom. The van der Waals surface area contributed by atoms with Crippen molar-refractivity contribution in [3.63, 3.8) is 0 Å². The van der Waals surface area contributed by atoms with E-state index in [2.05, 4.69) is 15.3 Å². The molecule has 0 aliphatic heterocycles.